The lowest BCUT2D eigenvalue weighted by molar-refractivity contribution is -0.141. The number of piperidine rings is 1. The number of carboxylic acid groups (broad SMARTS) is 1. The number of anilines is 1. The molecule has 0 aromatic heterocycles. The van der Waals surface area contributed by atoms with Crippen molar-refractivity contribution < 1.29 is 14.7 Å². The Morgan fingerprint density at radius 2 is 1.74 bits per heavy atom. The fourth-order valence-corrected chi connectivity index (χ4v) is 3.25. The van der Waals surface area contributed by atoms with Crippen LogP contribution >= 0.6 is 0 Å². The average Bonchev–Trinajstić information content (AvgIpc) is 3.40. The Balaban J connectivity index is 1.74. The first-order valence-corrected chi connectivity index (χ1v) is 8.48. The molecule has 5 heteroatoms. The molecule has 1 aliphatic heterocycles. The minimum absolute atomic E-state index is 0.0790. The van der Waals surface area contributed by atoms with Gasteiger partial charge in [0.1, 0.15) is 6.04 Å². The van der Waals surface area contributed by atoms with Gasteiger partial charge in [-0.25, -0.2) is 4.79 Å². The molecule has 0 radical (unpaired) electrons. The van der Waals surface area contributed by atoms with E-state index in [2.05, 4.69) is 4.90 Å². The Hall–Kier alpha value is -2.04. The van der Waals surface area contributed by atoms with Gasteiger partial charge in [-0.2, -0.15) is 0 Å². The number of benzene rings is 1. The summed E-state index contributed by atoms with van der Waals surface area (Å²) in [6, 6.07) is 6.92. The molecule has 1 heterocycles. The fraction of sp³-hybridized carbons (Fsp3) is 0.556. The van der Waals surface area contributed by atoms with E-state index in [4.69, 9.17) is 0 Å². The highest BCUT2D eigenvalue weighted by Gasteiger charge is 2.38. The highest BCUT2D eigenvalue weighted by Crippen LogP contribution is 2.30. The van der Waals surface area contributed by atoms with Crippen LogP contribution in [-0.2, 0) is 4.79 Å². The molecule has 0 bridgehead atoms. The molecule has 5 nitrogen and oxygen atoms in total. The summed E-state index contributed by atoms with van der Waals surface area (Å²) in [4.78, 5) is 27.8. The molecule has 3 rings (SSSR count). The predicted octanol–water partition coefficient (Wildman–Crippen LogP) is 2.75. The molecule has 1 unspecified atom stereocenters. The second-order valence-corrected chi connectivity index (χ2v) is 6.55. The van der Waals surface area contributed by atoms with Gasteiger partial charge in [-0.05, 0) is 63.3 Å². The van der Waals surface area contributed by atoms with Crippen LogP contribution in [0.1, 0.15) is 49.4 Å². The van der Waals surface area contributed by atoms with E-state index >= 15 is 0 Å². The number of hydrogen-bond donors (Lipinski definition) is 1. The van der Waals surface area contributed by atoms with Gasteiger partial charge in [-0.3, -0.25) is 4.79 Å². The van der Waals surface area contributed by atoms with Crippen LogP contribution in [0, 0.1) is 0 Å². The highest BCUT2D eigenvalue weighted by atomic mass is 16.4. The van der Waals surface area contributed by atoms with Gasteiger partial charge in [0.15, 0.2) is 0 Å². The van der Waals surface area contributed by atoms with Crippen molar-refractivity contribution in [3.05, 3.63) is 29.8 Å². The normalized spacial score (nSPS) is 19.3. The summed E-state index contributed by atoms with van der Waals surface area (Å²) >= 11 is 0. The van der Waals surface area contributed by atoms with Crippen LogP contribution in [0.4, 0.5) is 5.69 Å². The van der Waals surface area contributed by atoms with Gasteiger partial charge in [-0.1, -0.05) is 0 Å². The van der Waals surface area contributed by atoms with Crippen molar-refractivity contribution in [1.29, 1.82) is 0 Å². The zero-order chi connectivity index (χ0) is 16.4. The smallest absolute Gasteiger partial charge is 0.326 e. The molecular weight excluding hydrogens is 292 g/mol. The van der Waals surface area contributed by atoms with Crippen LogP contribution in [0.5, 0.6) is 0 Å². The van der Waals surface area contributed by atoms with E-state index in [-0.39, 0.29) is 11.9 Å². The first kappa shape index (κ1) is 15.8. The van der Waals surface area contributed by atoms with Gasteiger partial charge in [0.05, 0.1) is 0 Å². The van der Waals surface area contributed by atoms with Crippen LogP contribution in [-0.4, -0.2) is 47.1 Å². The van der Waals surface area contributed by atoms with Crippen molar-refractivity contribution in [2.45, 2.75) is 51.1 Å². The molecule has 0 spiro atoms. The van der Waals surface area contributed by atoms with E-state index in [1.54, 1.807) is 6.92 Å². The van der Waals surface area contributed by atoms with Gasteiger partial charge < -0.3 is 14.9 Å². The number of nitrogens with zero attached hydrogens (tertiary/aromatic N) is 2. The van der Waals surface area contributed by atoms with Crippen molar-refractivity contribution in [2.75, 3.05) is 18.0 Å². The molecule has 1 aliphatic carbocycles. The van der Waals surface area contributed by atoms with Gasteiger partial charge in [0, 0.05) is 30.4 Å². The van der Waals surface area contributed by atoms with Gasteiger partial charge in [0.25, 0.3) is 5.91 Å². The Morgan fingerprint density at radius 3 is 2.26 bits per heavy atom. The number of hydrogen-bond acceptors (Lipinski definition) is 3. The Bertz CT molecular complexity index is 574. The van der Waals surface area contributed by atoms with Gasteiger partial charge in [-0.15, -0.1) is 0 Å². The lowest BCUT2D eigenvalue weighted by atomic mass is 10.1. The maximum absolute atomic E-state index is 12.7. The monoisotopic (exact) mass is 316 g/mol. The summed E-state index contributed by atoms with van der Waals surface area (Å²) in [5, 5.41) is 9.24. The summed E-state index contributed by atoms with van der Waals surface area (Å²) in [7, 11) is 0. The van der Waals surface area contributed by atoms with Crippen LogP contribution in [0.2, 0.25) is 0 Å². The fourth-order valence-electron chi connectivity index (χ4n) is 3.25. The lowest BCUT2D eigenvalue weighted by Crippen LogP contribution is -2.44. The quantitative estimate of drug-likeness (QED) is 0.907. The second-order valence-electron chi connectivity index (χ2n) is 6.55. The summed E-state index contributed by atoms with van der Waals surface area (Å²) in [6.07, 6.45) is 5.51. The summed E-state index contributed by atoms with van der Waals surface area (Å²) < 4.78 is 0. The van der Waals surface area contributed by atoms with E-state index in [1.165, 1.54) is 24.2 Å². The first-order chi connectivity index (χ1) is 11.1. The molecule has 23 heavy (non-hydrogen) atoms. The minimum Gasteiger partial charge on any atom is -0.480 e. The SMILES string of the molecule is CC(C(=O)O)N(C(=O)c1ccc(N2CCCCC2)cc1)C1CC1. The third-order valence-corrected chi connectivity index (χ3v) is 4.78. The van der Waals surface area contributed by atoms with Gasteiger partial charge in [0.2, 0.25) is 0 Å². The van der Waals surface area contributed by atoms with Crippen molar-refractivity contribution in [2.24, 2.45) is 0 Å². The number of carbonyl (C=O) groups excluding carboxylic acids is 1. The molecule has 2 aliphatic rings. The van der Waals surface area contributed by atoms with Gasteiger partial charge >= 0.3 is 5.97 Å². The number of carbonyl (C=O) groups is 2. The molecule has 1 N–H and O–H groups in total. The van der Waals surface area contributed by atoms with Crippen LogP contribution in [0.15, 0.2) is 24.3 Å². The van der Waals surface area contributed by atoms with Crippen LogP contribution in [0.3, 0.4) is 0 Å². The molecule has 1 atom stereocenters. The van der Waals surface area contributed by atoms with E-state index in [0.717, 1.165) is 31.6 Å². The van der Waals surface area contributed by atoms with E-state index in [0.29, 0.717) is 5.56 Å². The molecular formula is C18H24N2O3. The van der Waals surface area contributed by atoms with E-state index < -0.39 is 12.0 Å². The molecule has 1 saturated carbocycles. The van der Waals surface area contributed by atoms with Crippen LogP contribution < -0.4 is 4.90 Å². The summed E-state index contributed by atoms with van der Waals surface area (Å²) in [6.45, 7) is 3.72. The number of aliphatic carboxylic acids is 1. The number of rotatable bonds is 5. The highest BCUT2D eigenvalue weighted by molar-refractivity contribution is 5.97. The molecule has 1 aromatic carbocycles. The maximum Gasteiger partial charge on any atom is 0.326 e. The second kappa shape index (κ2) is 6.60. The predicted molar refractivity (Wildman–Crippen MR) is 88.8 cm³/mol. The topological polar surface area (TPSA) is 60.9 Å². The van der Waals surface area contributed by atoms with E-state index in [1.807, 2.05) is 24.3 Å². The standard InChI is InChI=1S/C18H24N2O3/c1-13(18(22)23)20(16-9-10-16)17(21)14-5-7-15(8-6-14)19-11-3-2-4-12-19/h5-8,13,16H,2-4,9-12H2,1H3,(H,22,23). The van der Waals surface area contributed by atoms with Crippen molar-refractivity contribution in [1.82, 2.24) is 4.90 Å². The molecule has 1 saturated heterocycles. The lowest BCUT2D eigenvalue weighted by Gasteiger charge is -2.29. The van der Waals surface area contributed by atoms with E-state index in [9.17, 15) is 14.7 Å². The molecule has 1 aromatic rings. The van der Waals surface area contributed by atoms with Crippen LogP contribution in [0.25, 0.3) is 0 Å². The summed E-state index contributed by atoms with van der Waals surface area (Å²) in [5.41, 5.74) is 1.72. The largest absolute Gasteiger partial charge is 0.480 e. The Morgan fingerprint density at radius 1 is 1.13 bits per heavy atom. The average molecular weight is 316 g/mol. The minimum atomic E-state index is -0.949. The zero-order valence-electron chi connectivity index (χ0n) is 13.6. The number of amides is 1. The third-order valence-electron chi connectivity index (χ3n) is 4.78. The molecule has 124 valence electrons. The Labute approximate surface area is 136 Å². The zero-order valence-corrected chi connectivity index (χ0v) is 13.6. The molecule has 1 amide bonds. The first-order valence-electron chi connectivity index (χ1n) is 8.48. The van der Waals surface area contributed by atoms with Crippen molar-refractivity contribution in [3.8, 4) is 0 Å². The maximum atomic E-state index is 12.7. The third kappa shape index (κ3) is 3.49. The Kier molecular flexibility index (Phi) is 4.55. The number of carboxylic acids is 1. The molecule has 2 fully saturated rings. The van der Waals surface area contributed by atoms with Crippen molar-refractivity contribution >= 4 is 17.6 Å². The van der Waals surface area contributed by atoms with Crippen molar-refractivity contribution in [3.63, 3.8) is 0 Å². The summed E-state index contributed by atoms with van der Waals surface area (Å²) in [5.74, 6) is -1.12.